The molecular formula is C26H31O5PSi. The summed E-state index contributed by atoms with van der Waals surface area (Å²) in [5.74, 6) is 0.376. The van der Waals surface area contributed by atoms with E-state index in [1.54, 1.807) is 24.3 Å². The van der Waals surface area contributed by atoms with Crippen LogP contribution in [0.4, 0.5) is 0 Å². The van der Waals surface area contributed by atoms with Gasteiger partial charge in [0.2, 0.25) is 0 Å². The van der Waals surface area contributed by atoms with Gasteiger partial charge in [-0.1, -0.05) is 81.4 Å². The molecule has 0 aliphatic carbocycles. The minimum absolute atomic E-state index is 0.173. The predicted octanol–water partition coefficient (Wildman–Crippen LogP) is 5.29. The van der Waals surface area contributed by atoms with Crippen LogP contribution in [0.25, 0.3) is 0 Å². The molecule has 0 heterocycles. The van der Waals surface area contributed by atoms with Crippen LogP contribution in [0.3, 0.4) is 0 Å². The largest absolute Gasteiger partial charge is 0.534 e. The summed E-state index contributed by atoms with van der Waals surface area (Å²) in [5.41, 5.74) is 0.430. The van der Waals surface area contributed by atoms with Crippen LogP contribution >= 0.6 is 7.60 Å². The van der Waals surface area contributed by atoms with E-state index < -0.39 is 15.9 Å². The van der Waals surface area contributed by atoms with Crippen molar-refractivity contribution in [1.29, 1.82) is 0 Å². The summed E-state index contributed by atoms with van der Waals surface area (Å²) < 4.78 is 29.1. The summed E-state index contributed by atoms with van der Waals surface area (Å²) in [5, 5.41) is 2.17. The molecule has 0 saturated heterocycles. The Morgan fingerprint density at radius 2 is 1.24 bits per heavy atom. The number of hydrogen-bond donors (Lipinski definition) is 0. The van der Waals surface area contributed by atoms with Crippen molar-refractivity contribution in [2.75, 3.05) is 20.4 Å². The predicted molar refractivity (Wildman–Crippen MR) is 136 cm³/mol. The van der Waals surface area contributed by atoms with Crippen molar-refractivity contribution in [2.45, 2.75) is 25.8 Å². The second kappa shape index (κ2) is 10.2. The average Bonchev–Trinajstić information content (AvgIpc) is 2.83. The number of rotatable bonds is 9. The van der Waals surface area contributed by atoms with Gasteiger partial charge in [0.1, 0.15) is 11.9 Å². The first kappa shape index (κ1) is 25.1. The van der Waals surface area contributed by atoms with E-state index in [2.05, 4.69) is 45.0 Å². The Kier molecular flexibility index (Phi) is 7.75. The van der Waals surface area contributed by atoms with Crippen LogP contribution in [-0.4, -0.2) is 34.5 Å². The van der Waals surface area contributed by atoms with Gasteiger partial charge in [0, 0.05) is 19.8 Å². The smallest absolute Gasteiger partial charge is 0.337 e. The number of benzene rings is 3. The van der Waals surface area contributed by atoms with Crippen LogP contribution < -0.4 is 14.8 Å². The molecule has 3 rings (SSSR count). The molecule has 33 heavy (non-hydrogen) atoms. The second-order valence-electron chi connectivity index (χ2n) is 8.85. The van der Waals surface area contributed by atoms with E-state index in [0.717, 1.165) is 0 Å². The molecule has 0 saturated carbocycles. The third-order valence-electron chi connectivity index (χ3n) is 5.76. The highest BCUT2D eigenvalue weighted by atomic mass is 31.2. The molecule has 0 atom stereocenters. The summed E-state index contributed by atoms with van der Waals surface area (Å²) >= 11 is 0. The second-order valence-corrected chi connectivity index (χ2v) is 15.3. The van der Waals surface area contributed by atoms with E-state index in [4.69, 9.17) is 13.5 Å². The number of carbonyl (C=O) groups is 1. The standard InChI is InChI=1S/C26H31O5PSi/c1-26(2,3)33(23-12-8-6-9-13-23,24-14-10-7-11-15-24)31-22-18-16-21(17-19-22)25(27)20-32(28,29-4)30-5/h6-19H,20H2,1-5H3. The van der Waals surface area contributed by atoms with Crippen LogP contribution in [0, 0.1) is 0 Å². The lowest BCUT2D eigenvalue weighted by molar-refractivity contribution is 0.101. The highest BCUT2D eigenvalue weighted by Gasteiger charge is 2.52. The fraction of sp³-hybridized carbons (Fsp3) is 0.269. The molecule has 174 valence electrons. The molecule has 0 aliphatic heterocycles. The monoisotopic (exact) mass is 482 g/mol. The fourth-order valence-corrected chi connectivity index (χ4v) is 9.37. The first-order valence-corrected chi connectivity index (χ1v) is 14.4. The molecule has 3 aromatic rings. The van der Waals surface area contributed by atoms with Gasteiger partial charge in [-0.15, -0.1) is 0 Å². The molecule has 5 nitrogen and oxygen atoms in total. The van der Waals surface area contributed by atoms with E-state index in [1.165, 1.54) is 24.6 Å². The van der Waals surface area contributed by atoms with Crippen LogP contribution in [0.1, 0.15) is 31.1 Å². The Labute approximate surface area is 197 Å². The van der Waals surface area contributed by atoms with Gasteiger partial charge in [-0.05, 0) is 39.7 Å². The van der Waals surface area contributed by atoms with Gasteiger partial charge in [0.05, 0.1) is 0 Å². The molecule has 0 aliphatic rings. The quantitative estimate of drug-likeness (QED) is 0.235. The van der Waals surface area contributed by atoms with Gasteiger partial charge in [0.15, 0.2) is 5.78 Å². The van der Waals surface area contributed by atoms with Crippen LogP contribution in [-0.2, 0) is 13.6 Å². The van der Waals surface area contributed by atoms with Crippen molar-refractivity contribution in [1.82, 2.24) is 0 Å². The van der Waals surface area contributed by atoms with Gasteiger partial charge in [0.25, 0.3) is 0 Å². The molecular weight excluding hydrogens is 451 g/mol. The number of hydrogen-bond acceptors (Lipinski definition) is 5. The van der Waals surface area contributed by atoms with Gasteiger partial charge in [-0.3, -0.25) is 9.36 Å². The lowest BCUT2D eigenvalue weighted by Gasteiger charge is -2.43. The molecule has 0 fully saturated rings. The molecule has 0 radical (unpaired) electrons. The summed E-state index contributed by atoms with van der Waals surface area (Å²) in [6.45, 7) is 6.64. The lowest BCUT2D eigenvalue weighted by Crippen LogP contribution is -2.68. The topological polar surface area (TPSA) is 61.8 Å². The molecule has 0 amide bonds. The maximum Gasteiger partial charge on any atom is 0.337 e. The Bertz CT molecular complexity index is 1060. The zero-order valence-electron chi connectivity index (χ0n) is 19.8. The Balaban J connectivity index is 2.01. The zero-order valence-corrected chi connectivity index (χ0v) is 21.7. The molecule has 0 aromatic heterocycles. The van der Waals surface area contributed by atoms with Crippen molar-refractivity contribution >= 4 is 32.1 Å². The average molecular weight is 483 g/mol. The van der Waals surface area contributed by atoms with Crippen molar-refractivity contribution in [3.8, 4) is 5.75 Å². The fourth-order valence-electron chi connectivity index (χ4n) is 4.01. The molecule has 0 bridgehead atoms. The molecule has 0 unspecified atom stereocenters. The number of Topliss-reactive ketones (excluding diaryl/α,β-unsaturated/α-hetero) is 1. The maximum atomic E-state index is 12.6. The van der Waals surface area contributed by atoms with Crippen molar-refractivity contribution in [2.24, 2.45) is 0 Å². The van der Waals surface area contributed by atoms with Crippen molar-refractivity contribution in [3.05, 3.63) is 90.5 Å². The summed E-state index contributed by atoms with van der Waals surface area (Å²) in [7, 11) is -3.63. The van der Waals surface area contributed by atoms with Crippen LogP contribution in [0.5, 0.6) is 5.75 Å². The maximum absolute atomic E-state index is 12.6. The molecule has 7 heteroatoms. The SMILES string of the molecule is COP(=O)(CC(=O)c1ccc(O[Si](c2ccccc2)(c2ccccc2)C(C)(C)C)cc1)OC. The summed E-state index contributed by atoms with van der Waals surface area (Å²) in [4.78, 5) is 12.6. The minimum atomic E-state index is -3.42. The number of carbonyl (C=O) groups excluding carboxylic acids is 1. The first-order valence-electron chi connectivity index (χ1n) is 10.8. The zero-order chi connectivity index (χ0) is 24.1. The molecule has 0 N–H and O–H groups in total. The van der Waals surface area contributed by atoms with Gasteiger partial charge in [-0.2, -0.15) is 0 Å². The van der Waals surface area contributed by atoms with Crippen molar-refractivity contribution < 1.29 is 22.8 Å². The third kappa shape index (κ3) is 5.36. The minimum Gasteiger partial charge on any atom is -0.534 e. The van der Waals surface area contributed by atoms with E-state index in [-0.39, 0.29) is 17.0 Å². The summed E-state index contributed by atoms with van der Waals surface area (Å²) in [6, 6.07) is 27.7. The highest BCUT2D eigenvalue weighted by Crippen LogP contribution is 2.46. The lowest BCUT2D eigenvalue weighted by atomic mass is 10.1. The van der Waals surface area contributed by atoms with E-state index >= 15 is 0 Å². The Morgan fingerprint density at radius 1 is 0.788 bits per heavy atom. The van der Waals surface area contributed by atoms with E-state index in [9.17, 15) is 9.36 Å². The van der Waals surface area contributed by atoms with Crippen molar-refractivity contribution in [3.63, 3.8) is 0 Å². The molecule has 3 aromatic carbocycles. The van der Waals surface area contributed by atoms with E-state index in [0.29, 0.717) is 11.3 Å². The Hall–Kier alpha value is -2.50. The van der Waals surface area contributed by atoms with Gasteiger partial charge in [-0.25, -0.2) is 0 Å². The summed E-state index contributed by atoms with van der Waals surface area (Å²) in [6.07, 6.45) is -0.311. The molecule has 0 spiro atoms. The Morgan fingerprint density at radius 3 is 1.64 bits per heavy atom. The number of ketones is 1. The normalized spacial score (nSPS) is 12.4. The van der Waals surface area contributed by atoms with Gasteiger partial charge < -0.3 is 13.5 Å². The van der Waals surface area contributed by atoms with Crippen LogP contribution in [0.15, 0.2) is 84.9 Å². The first-order chi connectivity index (χ1) is 15.6. The van der Waals surface area contributed by atoms with Gasteiger partial charge >= 0.3 is 15.9 Å². The third-order valence-corrected chi connectivity index (χ3v) is 12.5. The van der Waals surface area contributed by atoms with E-state index in [1.807, 2.05) is 36.4 Å². The highest BCUT2D eigenvalue weighted by molar-refractivity contribution is 7.54. The van der Waals surface area contributed by atoms with Crippen LogP contribution in [0.2, 0.25) is 5.04 Å².